The minimum Gasteiger partial charge on any atom is -0.385 e. The summed E-state index contributed by atoms with van der Waals surface area (Å²) in [7, 11) is -3.64. The highest BCUT2D eigenvalue weighted by Crippen LogP contribution is 2.64. The van der Waals surface area contributed by atoms with Crippen molar-refractivity contribution in [3.8, 4) is 0 Å². The van der Waals surface area contributed by atoms with Crippen molar-refractivity contribution < 1.29 is 14.5 Å². The van der Waals surface area contributed by atoms with Crippen molar-refractivity contribution in [3.63, 3.8) is 0 Å². The molecule has 0 spiro atoms. The van der Waals surface area contributed by atoms with Gasteiger partial charge in [-0.2, -0.15) is 0 Å². The van der Waals surface area contributed by atoms with Gasteiger partial charge in [0, 0.05) is 27.1 Å². The second kappa shape index (κ2) is 9.68. The van der Waals surface area contributed by atoms with E-state index in [0.717, 1.165) is 10.8 Å². The molecule has 38 heavy (non-hydrogen) atoms. The Hall–Kier alpha value is -4.04. The highest BCUT2D eigenvalue weighted by atomic mass is 31.2. The van der Waals surface area contributed by atoms with E-state index in [1.54, 1.807) is 12.1 Å². The fourth-order valence-corrected chi connectivity index (χ4v) is 8.53. The maximum Gasteiger partial charge on any atom is 0.194 e. The van der Waals surface area contributed by atoms with Gasteiger partial charge in [-0.25, -0.2) is 0 Å². The zero-order valence-corrected chi connectivity index (χ0v) is 21.7. The number of carbonyl (C=O) groups excluding carboxylic acids is 1. The third kappa shape index (κ3) is 4.24. The van der Waals surface area contributed by atoms with Crippen LogP contribution >= 0.6 is 7.14 Å². The highest BCUT2D eigenvalue weighted by Gasteiger charge is 2.54. The Kier molecular flexibility index (Phi) is 6.19. The first-order valence-electron chi connectivity index (χ1n) is 12.8. The minimum atomic E-state index is -3.64. The summed E-state index contributed by atoms with van der Waals surface area (Å²) in [4.78, 5) is 14.4. The summed E-state index contributed by atoms with van der Waals surface area (Å²) in [6, 6.07) is 41.4. The molecule has 0 unspecified atom stereocenters. The van der Waals surface area contributed by atoms with Crippen molar-refractivity contribution in [1.82, 2.24) is 0 Å². The Morgan fingerprint density at radius 2 is 1.11 bits per heavy atom. The number of ketones is 1. The molecular formula is C34H27O3P. The molecule has 4 heteroatoms. The topological polar surface area (TPSA) is 54.4 Å². The average Bonchev–Trinajstić information content (AvgIpc) is 3.73. The second-order valence-corrected chi connectivity index (χ2v) is 12.5. The molecule has 0 atom stereocenters. The fraction of sp³-hybridized carbons (Fsp3) is 0.0882. The van der Waals surface area contributed by atoms with Gasteiger partial charge >= 0.3 is 0 Å². The van der Waals surface area contributed by atoms with Crippen LogP contribution in [0.25, 0.3) is 16.3 Å². The van der Waals surface area contributed by atoms with Crippen molar-refractivity contribution >= 4 is 39.9 Å². The Balaban J connectivity index is 1.75. The lowest BCUT2D eigenvalue weighted by Gasteiger charge is -2.29. The van der Waals surface area contributed by atoms with Gasteiger partial charge in [-0.3, -0.25) is 4.79 Å². The van der Waals surface area contributed by atoms with Gasteiger partial charge in [0.25, 0.3) is 0 Å². The molecule has 1 fully saturated rings. The van der Waals surface area contributed by atoms with Crippen molar-refractivity contribution in [2.45, 2.75) is 18.4 Å². The van der Waals surface area contributed by atoms with Gasteiger partial charge in [0.15, 0.2) is 12.9 Å². The van der Waals surface area contributed by atoms with E-state index in [9.17, 15) is 9.90 Å². The molecule has 0 radical (unpaired) electrons. The number of benzene rings is 5. The Morgan fingerprint density at radius 1 is 0.605 bits per heavy atom. The molecule has 1 aliphatic rings. The van der Waals surface area contributed by atoms with Crippen LogP contribution in [0, 0.1) is 0 Å². The van der Waals surface area contributed by atoms with E-state index >= 15 is 4.57 Å². The highest BCUT2D eigenvalue weighted by molar-refractivity contribution is 7.82. The quantitative estimate of drug-likeness (QED) is 0.145. The van der Waals surface area contributed by atoms with Crippen LogP contribution in [-0.4, -0.2) is 16.5 Å². The smallest absolute Gasteiger partial charge is 0.194 e. The second-order valence-electron chi connectivity index (χ2n) is 9.79. The van der Waals surface area contributed by atoms with Crippen molar-refractivity contribution in [2.24, 2.45) is 0 Å². The predicted octanol–water partition coefficient (Wildman–Crippen LogP) is 6.97. The van der Waals surface area contributed by atoms with Crippen LogP contribution in [0.3, 0.4) is 0 Å². The van der Waals surface area contributed by atoms with Gasteiger partial charge in [0.05, 0.1) is 5.60 Å². The van der Waals surface area contributed by atoms with Crippen LogP contribution in [0.2, 0.25) is 0 Å². The molecule has 1 N–H and O–H groups in total. The lowest BCUT2D eigenvalue weighted by molar-refractivity contribution is 0.105. The first kappa shape index (κ1) is 24.3. The van der Waals surface area contributed by atoms with E-state index in [0.29, 0.717) is 45.5 Å². The van der Waals surface area contributed by atoms with E-state index in [-0.39, 0.29) is 5.78 Å². The normalized spacial score (nSPS) is 15.1. The Morgan fingerprint density at radius 3 is 1.66 bits per heavy atom. The molecule has 1 saturated carbocycles. The third-order valence-electron chi connectivity index (χ3n) is 7.26. The van der Waals surface area contributed by atoms with E-state index in [1.807, 2.05) is 121 Å². The summed E-state index contributed by atoms with van der Waals surface area (Å²) >= 11 is 0. The number of Topliss-reactive ketones (excluding diaryl/α,β-unsaturated/α-hetero) is 1. The van der Waals surface area contributed by atoms with E-state index < -0.39 is 12.7 Å². The molecule has 0 saturated heterocycles. The molecule has 0 amide bonds. The zero-order valence-electron chi connectivity index (χ0n) is 20.8. The standard InChI is InChI=1S/C34H27O3P/c35-32(26-13-4-1-5-14-26)31(28-21-20-25-12-10-11-15-27(25)24-28)33(34(36)22-23-34)38(37,29-16-6-2-7-17-29)30-18-8-3-9-19-30/h1-21,24,36H,22-23H2/b33-31-. The minimum absolute atomic E-state index is 0.247. The Labute approximate surface area is 222 Å². The first-order chi connectivity index (χ1) is 18.5. The lowest BCUT2D eigenvalue weighted by atomic mass is 9.93. The number of hydrogen-bond donors (Lipinski definition) is 1. The van der Waals surface area contributed by atoms with Crippen LogP contribution in [0.1, 0.15) is 28.8 Å². The monoisotopic (exact) mass is 514 g/mol. The number of hydrogen-bond acceptors (Lipinski definition) is 3. The summed E-state index contributed by atoms with van der Waals surface area (Å²) < 4.78 is 15.6. The summed E-state index contributed by atoms with van der Waals surface area (Å²) in [5.74, 6) is -0.247. The molecule has 5 aromatic rings. The lowest BCUT2D eigenvalue weighted by Crippen LogP contribution is -2.27. The molecule has 5 aromatic carbocycles. The number of rotatable bonds is 7. The van der Waals surface area contributed by atoms with E-state index in [1.165, 1.54) is 0 Å². The van der Waals surface area contributed by atoms with Gasteiger partial charge < -0.3 is 9.67 Å². The number of aliphatic hydroxyl groups is 1. The largest absolute Gasteiger partial charge is 0.385 e. The molecule has 6 rings (SSSR count). The molecule has 0 aliphatic heterocycles. The molecule has 0 heterocycles. The van der Waals surface area contributed by atoms with Crippen LogP contribution in [-0.2, 0) is 4.57 Å². The molecule has 1 aliphatic carbocycles. The van der Waals surface area contributed by atoms with E-state index in [4.69, 9.17) is 0 Å². The zero-order chi connectivity index (χ0) is 26.2. The third-order valence-corrected chi connectivity index (χ3v) is 10.6. The van der Waals surface area contributed by atoms with Gasteiger partial charge in [-0.1, -0.05) is 127 Å². The Bertz CT molecular complexity index is 1660. The van der Waals surface area contributed by atoms with Crippen molar-refractivity contribution in [2.75, 3.05) is 0 Å². The van der Waals surface area contributed by atoms with Gasteiger partial charge in [-0.15, -0.1) is 0 Å². The molecule has 0 aromatic heterocycles. The van der Waals surface area contributed by atoms with Crippen molar-refractivity contribution in [3.05, 3.63) is 150 Å². The molecular weight excluding hydrogens is 487 g/mol. The van der Waals surface area contributed by atoms with Crippen LogP contribution in [0.4, 0.5) is 0 Å². The van der Waals surface area contributed by atoms with Gasteiger partial charge in [0.2, 0.25) is 0 Å². The van der Waals surface area contributed by atoms with Gasteiger partial charge in [0.1, 0.15) is 0 Å². The number of fused-ring (bicyclic) bond motifs is 1. The molecule has 3 nitrogen and oxygen atoms in total. The van der Waals surface area contributed by atoms with Crippen molar-refractivity contribution in [1.29, 1.82) is 0 Å². The maximum atomic E-state index is 15.6. The molecule has 186 valence electrons. The molecule has 0 bridgehead atoms. The van der Waals surface area contributed by atoms with Crippen LogP contribution in [0.5, 0.6) is 0 Å². The fourth-order valence-electron chi connectivity index (χ4n) is 5.18. The van der Waals surface area contributed by atoms with Gasteiger partial charge in [-0.05, 0) is 35.2 Å². The predicted molar refractivity (Wildman–Crippen MR) is 156 cm³/mol. The van der Waals surface area contributed by atoms with Crippen LogP contribution < -0.4 is 10.6 Å². The van der Waals surface area contributed by atoms with E-state index in [2.05, 4.69) is 0 Å². The number of carbonyl (C=O) groups is 1. The SMILES string of the molecule is O=C(/C(=C(/C1(O)CC1)P(=O)(c1ccccc1)c1ccccc1)c1ccc2ccccc2c1)c1ccccc1. The summed E-state index contributed by atoms with van der Waals surface area (Å²) in [5.41, 5.74) is 0.121. The summed E-state index contributed by atoms with van der Waals surface area (Å²) in [5, 5.41) is 15.4. The summed E-state index contributed by atoms with van der Waals surface area (Å²) in [6.45, 7) is 0. The first-order valence-corrected chi connectivity index (χ1v) is 14.5. The number of allylic oxidation sites excluding steroid dienone is 1. The maximum absolute atomic E-state index is 15.6. The average molecular weight is 515 g/mol. The van der Waals surface area contributed by atoms with Crippen LogP contribution in [0.15, 0.2) is 139 Å². The summed E-state index contributed by atoms with van der Waals surface area (Å²) in [6.07, 6.45) is 0.899.